The molecule has 0 atom stereocenters. The summed E-state index contributed by atoms with van der Waals surface area (Å²) < 4.78 is 11.8. The molecule has 36 heavy (non-hydrogen) atoms. The van der Waals surface area contributed by atoms with Crippen molar-refractivity contribution in [3.8, 4) is 11.3 Å². The quantitative estimate of drug-likeness (QED) is 0.162. The number of nitro benzene ring substituents is 3. The molecule has 1 N–H and O–H groups in total. The van der Waals surface area contributed by atoms with Crippen molar-refractivity contribution in [2.45, 2.75) is 26.7 Å². The minimum Gasteiger partial charge on any atom is -0.461 e. The Morgan fingerprint density at radius 1 is 0.917 bits per heavy atom. The number of nitrogens with zero attached hydrogens (tertiary/aromatic N) is 4. The average molecular weight is 493 g/mol. The minimum absolute atomic E-state index is 0.00717. The summed E-state index contributed by atoms with van der Waals surface area (Å²) in [6.07, 6.45) is 0.735. The lowest BCUT2D eigenvalue weighted by Gasteiger charge is -2.05. The Morgan fingerprint density at radius 3 is 2.25 bits per heavy atom. The number of furan rings is 2. The topological polar surface area (TPSA) is 180 Å². The van der Waals surface area contributed by atoms with Crippen molar-refractivity contribution in [3.05, 3.63) is 90.4 Å². The maximum atomic E-state index is 11.3. The van der Waals surface area contributed by atoms with Gasteiger partial charge in [-0.1, -0.05) is 0 Å². The standard InChI is InChI=1S/C23H19N5O8/c1-13(24-25-18-7-5-16(27(31)32)12-19(18)28(33)34)3-8-22-23(21-9-4-14(2)35-21)17-11-15(26(29)30)6-10-20(17)36-22/h4-7,9-12,25H,3,8H2,1-2H3/b24-13-. The van der Waals surface area contributed by atoms with Crippen molar-refractivity contribution < 1.29 is 23.6 Å². The Morgan fingerprint density at radius 2 is 1.61 bits per heavy atom. The van der Waals surface area contributed by atoms with Crippen LogP contribution in [-0.4, -0.2) is 20.5 Å². The van der Waals surface area contributed by atoms with E-state index < -0.39 is 26.1 Å². The van der Waals surface area contributed by atoms with Gasteiger partial charge in [-0.2, -0.15) is 5.10 Å². The van der Waals surface area contributed by atoms with Crippen molar-refractivity contribution >= 4 is 39.4 Å². The predicted octanol–water partition coefficient (Wildman–Crippen LogP) is 6.15. The van der Waals surface area contributed by atoms with Gasteiger partial charge >= 0.3 is 5.69 Å². The van der Waals surface area contributed by atoms with Crippen LogP contribution in [0.4, 0.5) is 22.7 Å². The third-order valence-corrected chi connectivity index (χ3v) is 5.41. The van der Waals surface area contributed by atoms with Gasteiger partial charge in [0, 0.05) is 35.7 Å². The van der Waals surface area contributed by atoms with E-state index in [9.17, 15) is 30.3 Å². The molecule has 0 aliphatic heterocycles. The number of benzene rings is 2. The van der Waals surface area contributed by atoms with Crippen LogP contribution in [-0.2, 0) is 6.42 Å². The molecule has 13 heteroatoms. The van der Waals surface area contributed by atoms with Crippen molar-refractivity contribution in [3.63, 3.8) is 0 Å². The Kier molecular flexibility index (Phi) is 6.46. The van der Waals surface area contributed by atoms with Crippen LogP contribution in [0.5, 0.6) is 0 Å². The molecule has 0 aliphatic carbocycles. The van der Waals surface area contributed by atoms with Gasteiger partial charge in [-0.05, 0) is 44.5 Å². The van der Waals surface area contributed by atoms with Gasteiger partial charge in [-0.3, -0.25) is 35.8 Å². The fraction of sp³-hybridized carbons (Fsp3) is 0.174. The van der Waals surface area contributed by atoms with E-state index in [4.69, 9.17) is 8.83 Å². The van der Waals surface area contributed by atoms with Gasteiger partial charge in [0.25, 0.3) is 11.4 Å². The van der Waals surface area contributed by atoms with E-state index >= 15 is 0 Å². The van der Waals surface area contributed by atoms with Gasteiger partial charge in [0.05, 0.1) is 26.4 Å². The zero-order valence-corrected chi connectivity index (χ0v) is 19.1. The van der Waals surface area contributed by atoms with Crippen LogP contribution in [0.3, 0.4) is 0 Å². The van der Waals surface area contributed by atoms with Crippen molar-refractivity contribution in [1.29, 1.82) is 0 Å². The summed E-state index contributed by atoms with van der Waals surface area (Å²) in [4.78, 5) is 31.6. The fourth-order valence-electron chi connectivity index (χ4n) is 3.65. The summed E-state index contributed by atoms with van der Waals surface area (Å²) in [5.74, 6) is 1.72. The molecule has 0 bridgehead atoms. The first-order valence-electron chi connectivity index (χ1n) is 10.6. The van der Waals surface area contributed by atoms with Crippen LogP contribution in [0.15, 0.2) is 62.5 Å². The molecule has 2 aromatic carbocycles. The second kappa shape index (κ2) is 9.66. The second-order valence-electron chi connectivity index (χ2n) is 7.92. The molecule has 2 heterocycles. The summed E-state index contributed by atoms with van der Waals surface area (Å²) in [5, 5.41) is 38.2. The molecule has 0 saturated heterocycles. The smallest absolute Gasteiger partial charge is 0.301 e. The number of hydrogen-bond donors (Lipinski definition) is 1. The van der Waals surface area contributed by atoms with Crippen molar-refractivity contribution in [2.24, 2.45) is 5.10 Å². The molecule has 0 radical (unpaired) electrons. The number of hydrazone groups is 1. The van der Waals surface area contributed by atoms with Crippen molar-refractivity contribution in [2.75, 3.05) is 5.43 Å². The zero-order valence-electron chi connectivity index (χ0n) is 19.1. The number of hydrogen-bond acceptors (Lipinski definition) is 10. The molecule has 0 saturated carbocycles. The van der Waals surface area contributed by atoms with Crippen LogP contribution < -0.4 is 5.43 Å². The van der Waals surface area contributed by atoms with Crippen LogP contribution >= 0.6 is 0 Å². The number of fused-ring (bicyclic) bond motifs is 1. The van der Waals surface area contributed by atoms with Crippen LogP contribution in [0.25, 0.3) is 22.3 Å². The summed E-state index contributed by atoms with van der Waals surface area (Å²) in [6, 6.07) is 11.1. The highest BCUT2D eigenvalue weighted by Crippen LogP contribution is 2.38. The first kappa shape index (κ1) is 24.1. The number of non-ortho nitro benzene ring substituents is 2. The molecule has 4 rings (SSSR count). The maximum absolute atomic E-state index is 11.3. The third-order valence-electron chi connectivity index (χ3n) is 5.41. The SMILES string of the molecule is C/C(CCc1oc2ccc([N+](=O)[O-])cc2c1-c1ccc(C)o1)=N/Nc1ccc([N+](=O)[O-])cc1[N+](=O)[O-]. The number of nitrogens with one attached hydrogen (secondary N) is 1. The molecule has 0 spiro atoms. The molecule has 0 amide bonds. The Bertz CT molecular complexity index is 1530. The molecular formula is C23H19N5O8. The highest BCUT2D eigenvalue weighted by molar-refractivity contribution is 5.96. The van der Waals surface area contributed by atoms with E-state index in [1.54, 1.807) is 26.0 Å². The molecule has 0 aliphatic rings. The summed E-state index contributed by atoms with van der Waals surface area (Å²) >= 11 is 0. The molecule has 4 aromatic rings. The van der Waals surface area contributed by atoms with Gasteiger partial charge in [0.2, 0.25) is 0 Å². The lowest BCUT2D eigenvalue weighted by molar-refractivity contribution is -0.393. The lowest BCUT2D eigenvalue weighted by atomic mass is 10.0. The van der Waals surface area contributed by atoms with Crippen molar-refractivity contribution in [1.82, 2.24) is 0 Å². The predicted molar refractivity (Wildman–Crippen MR) is 130 cm³/mol. The molecule has 2 aromatic heterocycles. The number of anilines is 1. The molecule has 184 valence electrons. The monoisotopic (exact) mass is 493 g/mol. The van der Waals surface area contributed by atoms with E-state index in [-0.39, 0.29) is 11.4 Å². The van der Waals surface area contributed by atoms with Crippen LogP contribution in [0, 0.1) is 37.3 Å². The highest BCUT2D eigenvalue weighted by atomic mass is 16.6. The first-order valence-corrected chi connectivity index (χ1v) is 10.6. The van der Waals surface area contributed by atoms with E-state index in [0.717, 1.165) is 12.1 Å². The Balaban J connectivity index is 1.60. The maximum Gasteiger partial charge on any atom is 0.301 e. The van der Waals surface area contributed by atoms with Gasteiger partial charge in [0.15, 0.2) is 0 Å². The van der Waals surface area contributed by atoms with Gasteiger partial charge in [-0.15, -0.1) is 0 Å². The van der Waals surface area contributed by atoms with Crippen LogP contribution in [0.2, 0.25) is 0 Å². The van der Waals surface area contributed by atoms with Gasteiger partial charge < -0.3 is 8.83 Å². The molecule has 0 unspecified atom stereocenters. The van der Waals surface area contributed by atoms with Gasteiger partial charge in [-0.25, -0.2) is 0 Å². The Hall–Kier alpha value is -5.07. The largest absolute Gasteiger partial charge is 0.461 e. The van der Waals surface area contributed by atoms with Crippen LogP contribution in [0.1, 0.15) is 24.9 Å². The highest BCUT2D eigenvalue weighted by Gasteiger charge is 2.22. The number of nitro groups is 3. The molecule has 0 fully saturated rings. The first-order chi connectivity index (χ1) is 17.1. The zero-order chi connectivity index (χ0) is 26.0. The minimum atomic E-state index is -0.731. The van der Waals surface area contributed by atoms with E-state index in [2.05, 4.69) is 10.5 Å². The summed E-state index contributed by atoms with van der Waals surface area (Å²) in [7, 11) is 0. The summed E-state index contributed by atoms with van der Waals surface area (Å²) in [6.45, 7) is 3.49. The van der Waals surface area contributed by atoms with E-state index in [1.807, 2.05) is 0 Å². The normalized spacial score (nSPS) is 11.6. The van der Waals surface area contributed by atoms with E-state index in [1.165, 1.54) is 24.3 Å². The average Bonchev–Trinajstić information content (AvgIpc) is 3.43. The van der Waals surface area contributed by atoms with E-state index in [0.29, 0.717) is 52.4 Å². The molecular weight excluding hydrogens is 474 g/mol. The number of aryl methyl sites for hydroxylation is 2. The lowest BCUT2D eigenvalue weighted by Crippen LogP contribution is -2.02. The summed E-state index contributed by atoms with van der Waals surface area (Å²) in [5.41, 5.74) is 3.28. The second-order valence-corrected chi connectivity index (χ2v) is 7.92. The fourth-order valence-corrected chi connectivity index (χ4v) is 3.65. The third kappa shape index (κ3) is 4.89. The van der Waals surface area contributed by atoms with Gasteiger partial charge in [0.1, 0.15) is 28.6 Å². The Labute approximate surface area is 202 Å². The number of rotatable bonds is 9. The molecule has 13 nitrogen and oxygen atoms in total.